The standard InChI is InChI=1S/C19H31N3O3S.C2HF3O2/c1-14(2)22(9-6-19(23)21-10-7-20-8-11-21)26(24,25)18-13-16(4)15(3)12-17(18)5;3-2(4,5)1(6)7/h12-14,20H,6-11H2,1-5H3;(H,6,7). The Balaban J connectivity index is 0.000000675. The number of halogens is 3. The molecule has 12 heteroatoms. The molecule has 1 amide bonds. The largest absolute Gasteiger partial charge is 0.490 e. The lowest BCUT2D eigenvalue weighted by atomic mass is 10.1. The summed E-state index contributed by atoms with van der Waals surface area (Å²) in [5, 5.41) is 10.3. The van der Waals surface area contributed by atoms with E-state index in [0.29, 0.717) is 18.0 Å². The highest BCUT2D eigenvalue weighted by atomic mass is 32.2. The van der Waals surface area contributed by atoms with Gasteiger partial charge in [-0.3, -0.25) is 4.79 Å². The lowest BCUT2D eigenvalue weighted by Gasteiger charge is -2.30. The van der Waals surface area contributed by atoms with Crippen LogP contribution in [0.25, 0.3) is 0 Å². The third-order valence-electron chi connectivity index (χ3n) is 5.21. The summed E-state index contributed by atoms with van der Waals surface area (Å²) in [5.74, 6) is -2.74. The van der Waals surface area contributed by atoms with Gasteiger partial charge in [-0.15, -0.1) is 0 Å². The van der Waals surface area contributed by atoms with Crippen molar-refractivity contribution < 1.29 is 36.3 Å². The van der Waals surface area contributed by atoms with Crippen molar-refractivity contribution in [2.24, 2.45) is 0 Å². The number of piperazine rings is 1. The highest BCUT2D eigenvalue weighted by Crippen LogP contribution is 2.25. The molecule has 2 N–H and O–H groups in total. The Labute approximate surface area is 192 Å². The number of aliphatic carboxylic acids is 1. The van der Waals surface area contributed by atoms with Crippen LogP contribution in [0.5, 0.6) is 0 Å². The van der Waals surface area contributed by atoms with E-state index in [9.17, 15) is 26.4 Å². The van der Waals surface area contributed by atoms with Crippen molar-refractivity contribution in [3.8, 4) is 0 Å². The van der Waals surface area contributed by atoms with E-state index in [1.165, 1.54) is 4.31 Å². The Morgan fingerprint density at radius 3 is 2.03 bits per heavy atom. The average Bonchev–Trinajstić information content (AvgIpc) is 2.70. The van der Waals surface area contributed by atoms with Crippen LogP contribution in [0.3, 0.4) is 0 Å². The fraction of sp³-hybridized carbons (Fsp3) is 0.619. The molecule has 0 atom stereocenters. The first-order chi connectivity index (χ1) is 15.1. The van der Waals surface area contributed by atoms with E-state index in [1.54, 1.807) is 6.07 Å². The SMILES string of the molecule is Cc1cc(C)c(S(=O)(=O)N(CCC(=O)N2CCNCC2)C(C)C)cc1C.O=C(O)C(F)(F)F. The number of alkyl halides is 3. The predicted octanol–water partition coefficient (Wildman–Crippen LogP) is 2.47. The molecule has 1 saturated heterocycles. The highest BCUT2D eigenvalue weighted by molar-refractivity contribution is 7.89. The number of hydrogen-bond donors (Lipinski definition) is 2. The van der Waals surface area contributed by atoms with E-state index < -0.39 is 22.2 Å². The van der Waals surface area contributed by atoms with Crippen LogP contribution in [0.2, 0.25) is 0 Å². The monoisotopic (exact) mass is 495 g/mol. The molecule has 2 rings (SSSR count). The number of nitrogens with one attached hydrogen (secondary N) is 1. The molecule has 1 aromatic carbocycles. The van der Waals surface area contributed by atoms with Gasteiger partial charge in [0.05, 0.1) is 4.90 Å². The quantitative estimate of drug-likeness (QED) is 0.628. The number of carbonyl (C=O) groups excluding carboxylic acids is 1. The molecule has 0 saturated carbocycles. The van der Waals surface area contributed by atoms with Crippen LogP contribution in [0.4, 0.5) is 13.2 Å². The smallest absolute Gasteiger partial charge is 0.475 e. The van der Waals surface area contributed by atoms with Crippen LogP contribution in [0.15, 0.2) is 17.0 Å². The summed E-state index contributed by atoms with van der Waals surface area (Å²) >= 11 is 0. The van der Waals surface area contributed by atoms with Gasteiger partial charge in [0.2, 0.25) is 15.9 Å². The second-order valence-corrected chi connectivity index (χ2v) is 9.95. The second-order valence-electron chi connectivity index (χ2n) is 8.10. The maximum absolute atomic E-state index is 13.2. The van der Waals surface area contributed by atoms with Gasteiger partial charge in [-0.05, 0) is 57.4 Å². The first-order valence-electron chi connectivity index (χ1n) is 10.5. The molecule has 188 valence electrons. The molecule has 0 radical (unpaired) electrons. The number of nitrogens with zero attached hydrogens (tertiary/aromatic N) is 2. The first kappa shape index (κ1) is 28.9. The van der Waals surface area contributed by atoms with Crippen LogP contribution in [0.1, 0.15) is 37.0 Å². The number of carbonyl (C=O) groups is 2. The molecule has 1 aromatic rings. The number of carboxylic acid groups (broad SMARTS) is 1. The van der Waals surface area contributed by atoms with Crippen molar-refractivity contribution in [2.75, 3.05) is 32.7 Å². The fourth-order valence-corrected chi connectivity index (χ4v) is 5.20. The summed E-state index contributed by atoms with van der Waals surface area (Å²) in [6.45, 7) is 12.6. The molecular formula is C21H32F3N3O5S. The van der Waals surface area contributed by atoms with Crippen LogP contribution in [0, 0.1) is 20.8 Å². The molecular weight excluding hydrogens is 463 g/mol. The number of sulfonamides is 1. The van der Waals surface area contributed by atoms with Gasteiger partial charge >= 0.3 is 12.1 Å². The summed E-state index contributed by atoms with van der Waals surface area (Å²) in [6, 6.07) is 3.44. The predicted molar refractivity (Wildman–Crippen MR) is 117 cm³/mol. The molecule has 1 aliphatic rings. The van der Waals surface area contributed by atoms with E-state index in [4.69, 9.17) is 9.90 Å². The van der Waals surface area contributed by atoms with Gasteiger partial charge in [0.25, 0.3) is 0 Å². The molecule has 8 nitrogen and oxygen atoms in total. The summed E-state index contributed by atoms with van der Waals surface area (Å²) in [7, 11) is -3.65. The lowest BCUT2D eigenvalue weighted by molar-refractivity contribution is -0.192. The molecule has 1 fully saturated rings. The molecule has 0 aromatic heterocycles. The molecule has 0 aliphatic carbocycles. The molecule has 0 spiro atoms. The topological polar surface area (TPSA) is 107 Å². The molecule has 0 bridgehead atoms. The summed E-state index contributed by atoms with van der Waals surface area (Å²) in [4.78, 5) is 23.5. The van der Waals surface area contributed by atoms with Crippen molar-refractivity contribution in [2.45, 2.75) is 58.2 Å². The minimum absolute atomic E-state index is 0.0177. The summed E-state index contributed by atoms with van der Waals surface area (Å²) in [5.41, 5.74) is 2.77. The van der Waals surface area contributed by atoms with E-state index in [1.807, 2.05) is 45.6 Å². The van der Waals surface area contributed by atoms with Crippen molar-refractivity contribution >= 4 is 21.9 Å². The number of aryl methyl sites for hydroxylation is 3. The third kappa shape index (κ3) is 8.27. The molecule has 0 unspecified atom stereocenters. The zero-order valence-electron chi connectivity index (χ0n) is 19.5. The molecule has 33 heavy (non-hydrogen) atoms. The Morgan fingerprint density at radius 2 is 1.58 bits per heavy atom. The van der Waals surface area contributed by atoms with E-state index in [0.717, 1.165) is 29.8 Å². The molecule has 1 heterocycles. The minimum atomic E-state index is -5.08. The van der Waals surface area contributed by atoms with Crippen molar-refractivity contribution in [3.63, 3.8) is 0 Å². The van der Waals surface area contributed by atoms with E-state index in [-0.39, 0.29) is 24.9 Å². The van der Waals surface area contributed by atoms with Crippen molar-refractivity contribution in [1.82, 2.24) is 14.5 Å². The number of rotatable bonds is 6. The average molecular weight is 496 g/mol. The molecule has 1 aliphatic heterocycles. The second kappa shape index (κ2) is 11.8. The van der Waals surface area contributed by atoms with Crippen LogP contribution < -0.4 is 5.32 Å². The van der Waals surface area contributed by atoms with Crippen molar-refractivity contribution in [3.05, 3.63) is 28.8 Å². The van der Waals surface area contributed by atoms with Gasteiger partial charge in [0.15, 0.2) is 0 Å². The lowest BCUT2D eigenvalue weighted by Crippen LogP contribution is -2.47. The number of hydrogen-bond acceptors (Lipinski definition) is 5. The van der Waals surface area contributed by atoms with E-state index in [2.05, 4.69) is 5.32 Å². The van der Waals surface area contributed by atoms with Gasteiger partial charge in [-0.25, -0.2) is 13.2 Å². The third-order valence-corrected chi connectivity index (χ3v) is 7.43. The van der Waals surface area contributed by atoms with E-state index >= 15 is 0 Å². The Morgan fingerprint density at radius 1 is 1.09 bits per heavy atom. The summed E-state index contributed by atoms with van der Waals surface area (Å²) < 4.78 is 59.7. The van der Waals surface area contributed by atoms with Gasteiger partial charge < -0.3 is 15.3 Å². The number of benzene rings is 1. The maximum atomic E-state index is 13.2. The Hall–Kier alpha value is -2.18. The normalized spacial score (nSPS) is 14.8. The first-order valence-corrected chi connectivity index (χ1v) is 11.9. The van der Waals surface area contributed by atoms with Gasteiger partial charge in [-0.2, -0.15) is 17.5 Å². The van der Waals surface area contributed by atoms with Crippen LogP contribution in [-0.4, -0.2) is 79.5 Å². The van der Waals surface area contributed by atoms with Crippen LogP contribution >= 0.6 is 0 Å². The summed E-state index contributed by atoms with van der Waals surface area (Å²) in [6.07, 6.45) is -4.87. The maximum Gasteiger partial charge on any atom is 0.490 e. The number of carboxylic acids is 1. The van der Waals surface area contributed by atoms with Gasteiger partial charge in [0, 0.05) is 45.2 Å². The fourth-order valence-electron chi connectivity index (χ4n) is 3.27. The Kier molecular flexibility index (Phi) is 10.3. The zero-order valence-corrected chi connectivity index (χ0v) is 20.3. The Bertz CT molecular complexity index is 943. The van der Waals surface area contributed by atoms with Gasteiger partial charge in [-0.1, -0.05) is 6.07 Å². The van der Waals surface area contributed by atoms with Gasteiger partial charge in [0.1, 0.15) is 0 Å². The van der Waals surface area contributed by atoms with Crippen LogP contribution in [-0.2, 0) is 19.6 Å². The minimum Gasteiger partial charge on any atom is -0.475 e. The number of amides is 1. The highest BCUT2D eigenvalue weighted by Gasteiger charge is 2.38. The zero-order chi connectivity index (χ0) is 25.6. The van der Waals surface area contributed by atoms with Crippen molar-refractivity contribution in [1.29, 1.82) is 0 Å².